The SMILES string of the molecule is CCCC=C(C)C(=O)OS(=O)(=O)O.[H-].[K+]. The molecule has 78 valence electrons. The summed E-state index contributed by atoms with van der Waals surface area (Å²) in [6, 6.07) is 0. The molecule has 0 aliphatic heterocycles. The van der Waals surface area contributed by atoms with E-state index in [9.17, 15) is 13.2 Å². The second-order valence-electron chi connectivity index (χ2n) is 2.47. The maximum Gasteiger partial charge on any atom is 1.00 e. The van der Waals surface area contributed by atoms with E-state index in [1.54, 1.807) is 6.08 Å². The molecular weight excluding hydrogens is 235 g/mol. The minimum atomic E-state index is -4.68. The Morgan fingerprint density at radius 1 is 1.57 bits per heavy atom. The molecule has 0 unspecified atom stereocenters. The Bertz CT molecular complexity index is 311. The molecule has 0 atom stereocenters. The van der Waals surface area contributed by atoms with Crippen molar-refractivity contribution in [2.45, 2.75) is 26.7 Å². The van der Waals surface area contributed by atoms with Crippen LogP contribution in [0.1, 0.15) is 28.1 Å². The molecule has 14 heavy (non-hydrogen) atoms. The molecule has 0 aromatic rings. The van der Waals surface area contributed by atoms with E-state index >= 15 is 0 Å². The first-order chi connectivity index (χ1) is 5.87. The Balaban J connectivity index is -0.000000720. The van der Waals surface area contributed by atoms with Gasteiger partial charge in [0.25, 0.3) is 0 Å². The van der Waals surface area contributed by atoms with E-state index in [2.05, 4.69) is 4.18 Å². The third kappa shape index (κ3) is 9.32. The van der Waals surface area contributed by atoms with Crippen LogP contribution < -0.4 is 51.4 Å². The first kappa shape index (κ1) is 17.2. The van der Waals surface area contributed by atoms with Crippen LogP contribution in [0, 0.1) is 0 Å². The molecular formula is C7H13KO5S. The molecule has 0 aromatic carbocycles. The van der Waals surface area contributed by atoms with Crippen molar-refractivity contribution < 1.29 is 74.8 Å². The van der Waals surface area contributed by atoms with Crippen LogP contribution in [0.25, 0.3) is 0 Å². The third-order valence-electron chi connectivity index (χ3n) is 1.24. The largest absolute Gasteiger partial charge is 1.00 e. The summed E-state index contributed by atoms with van der Waals surface area (Å²) in [6.45, 7) is 3.33. The van der Waals surface area contributed by atoms with E-state index in [4.69, 9.17) is 4.55 Å². The van der Waals surface area contributed by atoms with Gasteiger partial charge in [-0.05, 0) is 13.3 Å². The minimum absolute atomic E-state index is 0. The van der Waals surface area contributed by atoms with Crippen LogP contribution in [0.5, 0.6) is 0 Å². The van der Waals surface area contributed by atoms with E-state index in [0.717, 1.165) is 6.42 Å². The first-order valence-electron chi connectivity index (χ1n) is 3.74. The molecule has 0 aromatic heterocycles. The molecule has 0 saturated heterocycles. The Morgan fingerprint density at radius 2 is 2.07 bits per heavy atom. The average Bonchev–Trinajstić information content (AvgIpc) is 1.96. The van der Waals surface area contributed by atoms with Crippen molar-refractivity contribution in [1.29, 1.82) is 0 Å². The monoisotopic (exact) mass is 248 g/mol. The van der Waals surface area contributed by atoms with Crippen LogP contribution >= 0.6 is 0 Å². The van der Waals surface area contributed by atoms with Crippen LogP contribution in [0.4, 0.5) is 0 Å². The Kier molecular flexibility index (Phi) is 9.77. The molecule has 0 aliphatic rings. The van der Waals surface area contributed by atoms with E-state index in [-0.39, 0.29) is 58.4 Å². The van der Waals surface area contributed by atoms with Gasteiger partial charge in [-0.3, -0.25) is 4.55 Å². The van der Waals surface area contributed by atoms with Crippen LogP contribution in [0.3, 0.4) is 0 Å². The van der Waals surface area contributed by atoms with Gasteiger partial charge in [0, 0.05) is 5.57 Å². The summed E-state index contributed by atoms with van der Waals surface area (Å²) in [5.41, 5.74) is 0.166. The molecule has 5 nitrogen and oxygen atoms in total. The van der Waals surface area contributed by atoms with Crippen molar-refractivity contribution >= 4 is 16.4 Å². The average molecular weight is 248 g/mol. The zero-order valence-corrected chi connectivity index (χ0v) is 12.4. The molecule has 0 fully saturated rings. The summed E-state index contributed by atoms with van der Waals surface area (Å²) < 4.78 is 32.1. The van der Waals surface area contributed by atoms with Crippen molar-refractivity contribution in [3.8, 4) is 0 Å². The molecule has 0 heterocycles. The number of unbranched alkanes of at least 4 members (excludes halogenated alkanes) is 1. The van der Waals surface area contributed by atoms with Crippen LogP contribution in [0.2, 0.25) is 0 Å². The van der Waals surface area contributed by atoms with Gasteiger partial charge in [0.15, 0.2) is 0 Å². The minimum Gasteiger partial charge on any atom is -1.00 e. The molecule has 0 saturated carbocycles. The second kappa shape index (κ2) is 7.97. The number of allylic oxidation sites excluding steroid dienone is 1. The van der Waals surface area contributed by atoms with Crippen LogP contribution in [-0.2, 0) is 19.4 Å². The van der Waals surface area contributed by atoms with E-state index in [1.165, 1.54) is 6.92 Å². The predicted molar refractivity (Wildman–Crippen MR) is 47.4 cm³/mol. The van der Waals surface area contributed by atoms with Crippen molar-refractivity contribution in [3.05, 3.63) is 11.6 Å². The molecule has 0 rings (SSSR count). The van der Waals surface area contributed by atoms with Gasteiger partial charge in [0.1, 0.15) is 0 Å². The summed E-state index contributed by atoms with van der Waals surface area (Å²) in [4.78, 5) is 10.8. The zero-order chi connectivity index (χ0) is 10.5. The van der Waals surface area contributed by atoms with E-state index in [1.807, 2.05) is 6.92 Å². The van der Waals surface area contributed by atoms with Gasteiger partial charge in [-0.1, -0.05) is 19.4 Å². The normalized spacial score (nSPS) is 11.8. The summed E-state index contributed by atoms with van der Waals surface area (Å²) in [6.07, 6.45) is 3.05. The zero-order valence-electron chi connectivity index (χ0n) is 9.48. The van der Waals surface area contributed by atoms with Crippen molar-refractivity contribution in [3.63, 3.8) is 0 Å². The quantitative estimate of drug-likeness (QED) is 0.360. The second-order valence-corrected chi connectivity index (χ2v) is 3.50. The predicted octanol–water partition coefficient (Wildman–Crippen LogP) is -1.80. The summed E-state index contributed by atoms with van der Waals surface area (Å²) in [7, 11) is -4.68. The smallest absolute Gasteiger partial charge is 1.00 e. The molecule has 0 aliphatic carbocycles. The van der Waals surface area contributed by atoms with Crippen molar-refractivity contribution in [1.82, 2.24) is 0 Å². The topological polar surface area (TPSA) is 80.7 Å². The molecule has 0 radical (unpaired) electrons. The molecule has 1 N–H and O–H groups in total. The summed E-state index contributed by atoms with van der Waals surface area (Å²) in [5.74, 6) is -1.05. The number of carbonyl (C=O) groups is 1. The van der Waals surface area contributed by atoms with Gasteiger partial charge in [0.2, 0.25) is 0 Å². The van der Waals surface area contributed by atoms with Gasteiger partial charge >= 0.3 is 67.8 Å². The number of carbonyl (C=O) groups excluding carboxylic acids is 1. The van der Waals surface area contributed by atoms with Crippen molar-refractivity contribution in [2.24, 2.45) is 0 Å². The number of rotatable bonds is 4. The Hall–Kier alpha value is 0.756. The first-order valence-corrected chi connectivity index (χ1v) is 5.11. The van der Waals surface area contributed by atoms with Gasteiger partial charge < -0.3 is 5.61 Å². The van der Waals surface area contributed by atoms with Gasteiger partial charge in [-0.15, -0.1) is 0 Å². The van der Waals surface area contributed by atoms with Gasteiger partial charge in [-0.2, -0.15) is 8.42 Å². The molecule has 0 spiro atoms. The standard InChI is InChI=1S/C7H12O5S.K.H/c1-3-4-5-6(2)7(8)12-13(9,10)11;;/h5H,3-4H2,1-2H3,(H,9,10,11);;/q;+1;-1. The third-order valence-corrected chi connectivity index (χ3v) is 1.60. The maximum absolute atomic E-state index is 10.8. The van der Waals surface area contributed by atoms with E-state index in [0.29, 0.717) is 6.42 Å². The van der Waals surface area contributed by atoms with Crippen molar-refractivity contribution in [2.75, 3.05) is 0 Å². The Labute approximate surface area is 128 Å². The fraction of sp³-hybridized carbons (Fsp3) is 0.571. The van der Waals surface area contributed by atoms with Gasteiger partial charge in [-0.25, -0.2) is 4.79 Å². The van der Waals surface area contributed by atoms with Gasteiger partial charge in [0.05, 0.1) is 0 Å². The Morgan fingerprint density at radius 3 is 2.43 bits per heavy atom. The van der Waals surface area contributed by atoms with E-state index < -0.39 is 16.4 Å². The number of hydrogen-bond acceptors (Lipinski definition) is 4. The van der Waals surface area contributed by atoms with Crippen LogP contribution in [-0.4, -0.2) is 18.9 Å². The van der Waals surface area contributed by atoms with Crippen LogP contribution in [0.15, 0.2) is 11.6 Å². The molecule has 0 amide bonds. The number of hydrogen-bond donors (Lipinski definition) is 1. The summed E-state index contributed by atoms with van der Waals surface area (Å²) in [5, 5.41) is 0. The fourth-order valence-electron chi connectivity index (χ4n) is 0.606. The maximum atomic E-state index is 10.8. The summed E-state index contributed by atoms with van der Waals surface area (Å²) >= 11 is 0. The fourth-order valence-corrected chi connectivity index (χ4v) is 0.928. The molecule has 0 bridgehead atoms. The molecule has 7 heteroatoms.